The van der Waals surface area contributed by atoms with Gasteiger partial charge >= 0.3 is 5.97 Å². The zero-order chi connectivity index (χ0) is 12.6. The Morgan fingerprint density at radius 3 is 2.65 bits per heavy atom. The molecule has 0 spiro atoms. The van der Waals surface area contributed by atoms with E-state index in [2.05, 4.69) is 20.9 Å². The number of benzene rings is 1. The topological polar surface area (TPSA) is 50.2 Å². The van der Waals surface area contributed by atoms with Crippen LogP contribution in [0.25, 0.3) is 10.6 Å². The van der Waals surface area contributed by atoms with E-state index in [1.165, 1.54) is 11.3 Å². The van der Waals surface area contributed by atoms with Gasteiger partial charge in [-0.1, -0.05) is 28.1 Å². The first-order valence-electron chi connectivity index (χ1n) is 4.96. The van der Waals surface area contributed by atoms with Crippen molar-refractivity contribution in [3.8, 4) is 10.6 Å². The summed E-state index contributed by atoms with van der Waals surface area (Å²) in [6, 6.07) is 5.89. The Bertz CT molecular complexity index is 592. The molecule has 0 aliphatic rings. The molecule has 2 aromatic rings. The maximum absolute atomic E-state index is 10.9. The third-order valence-corrected chi connectivity index (χ3v) is 4.29. The quantitative estimate of drug-likeness (QED) is 0.915. The van der Waals surface area contributed by atoms with Gasteiger partial charge < -0.3 is 5.11 Å². The van der Waals surface area contributed by atoms with Gasteiger partial charge in [-0.25, -0.2) is 9.78 Å². The smallest absolute Gasteiger partial charge is 0.355 e. The minimum Gasteiger partial charge on any atom is -0.476 e. The second-order valence-corrected chi connectivity index (χ2v) is 5.75. The number of halogens is 1. The van der Waals surface area contributed by atoms with Crippen LogP contribution in [0.15, 0.2) is 22.7 Å². The van der Waals surface area contributed by atoms with E-state index in [9.17, 15) is 4.79 Å². The number of aromatic nitrogens is 1. The lowest BCUT2D eigenvalue weighted by Crippen LogP contribution is -1.98. The largest absolute Gasteiger partial charge is 0.476 e. The summed E-state index contributed by atoms with van der Waals surface area (Å²) in [5, 5.41) is 9.70. The van der Waals surface area contributed by atoms with Gasteiger partial charge in [-0.2, -0.15) is 0 Å². The van der Waals surface area contributed by atoms with Crippen molar-refractivity contribution in [2.24, 2.45) is 0 Å². The lowest BCUT2D eigenvalue weighted by atomic mass is 10.2. The first-order valence-corrected chi connectivity index (χ1v) is 6.57. The van der Waals surface area contributed by atoms with E-state index in [0.29, 0.717) is 0 Å². The van der Waals surface area contributed by atoms with Crippen LogP contribution in [0.3, 0.4) is 0 Å². The minimum absolute atomic E-state index is 0.140. The van der Waals surface area contributed by atoms with Crippen molar-refractivity contribution >= 4 is 33.2 Å². The van der Waals surface area contributed by atoms with E-state index >= 15 is 0 Å². The summed E-state index contributed by atoms with van der Waals surface area (Å²) in [5.41, 5.74) is 2.21. The third-order valence-electron chi connectivity index (χ3n) is 2.42. The zero-order valence-electron chi connectivity index (χ0n) is 9.32. The highest BCUT2D eigenvalue weighted by Gasteiger charge is 2.15. The highest BCUT2D eigenvalue weighted by molar-refractivity contribution is 9.10. The van der Waals surface area contributed by atoms with Crippen LogP contribution < -0.4 is 0 Å². The van der Waals surface area contributed by atoms with Gasteiger partial charge in [0, 0.05) is 14.9 Å². The normalized spacial score (nSPS) is 10.5. The fraction of sp³-hybridized carbons (Fsp3) is 0.167. The van der Waals surface area contributed by atoms with Crippen LogP contribution in [0, 0.1) is 13.8 Å². The van der Waals surface area contributed by atoms with Gasteiger partial charge in [0.25, 0.3) is 0 Å². The molecule has 1 aromatic heterocycles. The molecule has 0 aliphatic heterocycles. The standard InChI is InChI=1S/C12H10BrNO2S/c1-6-3-4-8(5-9(6)13)11-14-10(12(15)16)7(2)17-11/h3-5H,1-2H3,(H,15,16). The highest BCUT2D eigenvalue weighted by atomic mass is 79.9. The summed E-state index contributed by atoms with van der Waals surface area (Å²) in [6.07, 6.45) is 0. The van der Waals surface area contributed by atoms with E-state index in [1.807, 2.05) is 25.1 Å². The molecule has 0 atom stereocenters. The van der Waals surface area contributed by atoms with Crippen molar-refractivity contribution in [3.05, 3.63) is 38.8 Å². The molecule has 1 aromatic carbocycles. The number of rotatable bonds is 2. The molecule has 1 N–H and O–H groups in total. The van der Waals surface area contributed by atoms with E-state index < -0.39 is 5.97 Å². The lowest BCUT2D eigenvalue weighted by molar-refractivity contribution is 0.0690. The Kier molecular flexibility index (Phi) is 3.31. The zero-order valence-corrected chi connectivity index (χ0v) is 11.7. The number of carboxylic acid groups (broad SMARTS) is 1. The number of thiazole rings is 1. The fourth-order valence-corrected chi connectivity index (χ4v) is 2.72. The Hall–Kier alpha value is -1.20. The second-order valence-electron chi connectivity index (χ2n) is 3.69. The van der Waals surface area contributed by atoms with E-state index in [4.69, 9.17) is 5.11 Å². The molecule has 88 valence electrons. The minimum atomic E-state index is -0.976. The summed E-state index contributed by atoms with van der Waals surface area (Å²) >= 11 is 4.86. The maximum Gasteiger partial charge on any atom is 0.355 e. The molecule has 0 saturated heterocycles. The maximum atomic E-state index is 10.9. The third kappa shape index (κ3) is 2.40. The predicted octanol–water partition coefficient (Wildman–Crippen LogP) is 3.89. The number of nitrogens with zero attached hydrogens (tertiary/aromatic N) is 1. The van der Waals surface area contributed by atoms with Crippen molar-refractivity contribution in [3.63, 3.8) is 0 Å². The van der Waals surface area contributed by atoms with Gasteiger partial charge in [0.2, 0.25) is 0 Å². The van der Waals surface area contributed by atoms with Crippen LogP contribution in [0.4, 0.5) is 0 Å². The predicted molar refractivity (Wildman–Crippen MR) is 71.7 cm³/mol. The summed E-state index contributed by atoms with van der Waals surface area (Å²) in [6.45, 7) is 3.78. The van der Waals surface area contributed by atoms with E-state index in [1.54, 1.807) is 6.92 Å². The number of carbonyl (C=O) groups is 1. The van der Waals surface area contributed by atoms with Crippen molar-refractivity contribution in [1.82, 2.24) is 4.98 Å². The number of aryl methyl sites for hydroxylation is 2. The molecule has 0 saturated carbocycles. The van der Waals surface area contributed by atoms with Gasteiger partial charge in [-0.05, 0) is 25.5 Å². The molecule has 0 radical (unpaired) electrons. The molecule has 2 rings (SSSR count). The molecule has 1 heterocycles. The number of aromatic carboxylic acids is 1. The van der Waals surface area contributed by atoms with Crippen LogP contribution in [-0.4, -0.2) is 16.1 Å². The van der Waals surface area contributed by atoms with Crippen molar-refractivity contribution in [2.75, 3.05) is 0 Å². The van der Waals surface area contributed by atoms with Gasteiger partial charge in [0.1, 0.15) is 5.01 Å². The van der Waals surface area contributed by atoms with Crippen LogP contribution in [0.1, 0.15) is 20.9 Å². The van der Waals surface area contributed by atoms with Crippen molar-refractivity contribution in [1.29, 1.82) is 0 Å². The summed E-state index contributed by atoms with van der Waals surface area (Å²) in [4.78, 5) is 15.8. The van der Waals surface area contributed by atoms with Gasteiger partial charge in [0.05, 0.1) is 0 Å². The Morgan fingerprint density at radius 2 is 2.12 bits per heavy atom. The SMILES string of the molecule is Cc1ccc(-c2nc(C(=O)O)c(C)s2)cc1Br. The number of hydrogen-bond acceptors (Lipinski definition) is 3. The molecule has 3 nitrogen and oxygen atoms in total. The van der Waals surface area contributed by atoms with Crippen molar-refractivity contribution < 1.29 is 9.90 Å². The highest BCUT2D eigenvalue weighted by Crippen LogP contribution is 2.30. The van der Waals surface area contributed by atoms with E-state index in [0.717, 1.165) is 25.5 Å². The fourth-order valence-electron chi connectivity index (χ4n) is 1.44. The van der Waals surface area contributed by atoms with Crippen LogP contribution >= 0.6 is 27.3 Å². The first kappa shape index (κ1) is 12.3. The van der Waals surface area contributed by atoms with Gasteiger partial charge in [-0.15, -0.1) is 11.3 Å². The molecule has 5 heteroatoms. The summed E-state index contributed by atoms with van der Waals surface area (Å²) < 4.78 is 1.000. The van der Waals surface area contributed by atoms with Gasteiger partial charge in [0.15, 0.2) is 5.69 Å². The Labute approximate surface area is 111 Å². The van der Waals surface area contributed by atoms with Crippen LogP contribution in [-0.2, 0) is 0 Å². The second kappa shape index (κ2) is 4.58. The number of hydrogen-bond donors (Lipinski definition) is 1. The molecule has 17 heavy (non-hydrogen) atoms. The lowest BCUT2D eigenvalue weighted by Gasteiger charge is -2.00. The Balaban J connectivity index is 2.50. The molecular formula is C12H10BrNO2S. The summed E-state index contributed by atoms with van der Waals surface area (Å²) in [5.74, 6) is -0.976. The molecule has 0 bridgehead atoms. The molecule has 0 aliphatic carbocycles. The van der Waals surface area contributed by atoms with Crippen LogP contribution in [0.5, 0.6) is 0 Å². The molecule has 0 fully saturated rings. The molecule has 0 amide bonds. The van der Waals surface area contributed by atoms with Gasteiger partial charge in [-0.3, -0.25) is 0 Å². The van der Waals surface area contributed by atoms with E-state index in [-0.39, 0.29) is 5.69 Å². The van der Waals surface area contributed by atoms with Crippen molar-refractivity contribution in [2.45, 2.75) is 13.8 Å². The average Bonchev–Trinajstić information content (AvgIpc) is 2.64. The first-order chi connectivity index (χ1) is 7.99. The Morgan fingerprint density at radius 1 is 1.41 bits per heavy atom. The molecular weight excluding hydrogens is 302 g/mol. The van der Waals surface area contributed by atoms with Crippen LogP contribution in [0.2, 0.25) is 0 Å². The summed E-state index contributed by atoms with van der Waals surface area (Å²) in [7, 11) is 0. The monoisotopic (exact) mass is 311 g/mol. The number of carboxylic acids is 1. The molecule has 0 unspecified atom stereocenters. The average molecular weight is 312 g/mol.